The van der Waals surface area contributed by atoms with E-state index in [0.29, 0.717) is 39.3 Å². The van der Waals surface area contributed by atoms with Gasteiger partial charge in [-0.3, -0.25) is 4.79 Å². The van der Waals surface area contributed by atoms with Gasteiger partial charge in [-0.05, 0) is 51.0 Å². The lowest BCUT2D eigenvalue weighted by Gasteiger charge is -2.35. The van der Waals surface area contributed by atoms with Crippen LogP contribution in [0.25, 0.3) is 0 Å². The summed E-state index contributed by atoms with van der Waals surface area (Å²) in [5, 5.41) is 5.79. The van der Waals surface area contributed by atoms with E-state index in [0.717, 1.165) is 38.6 Å². The number of nitrogens with one attached hydrogen (secondary N) is 2. The molecule has 0 radical (unpaired) electrons. The molecule has 3 atom stereocenters. The van der Waals surface area contributed by atoms with Crippen LogP contribution in [0.2, 0.25) is 0 Å². The normalized spacial score (nSPS) is 31.3. The maximum absolute atomic E-state index is 12.8. The minimum atomic E-state index is -3.29. The van der Waals surface area contributed by atoms with E-state index in [1.165, 1.54) is 0 Å². The van der Waals surface area contributed by atoms with Gasteiger partial charge in [-0.25, -0.2) is 12.7 Å². The van der Waals surface area contributed by atoms with Gasteiger partial charge < -0.3 is 15.4 Å². The monoisotopic (exact) mass is 395 g/mol. The molecule has 25 heavy (non-hydrogen) atoms. The van der Waals surface area contributed by atoms with E-state index in [2.05, 4.69) is 10.6 Å². The molecule has 3 unspecified atom stereocenters. The minimum absolute atomic E-state index is 0. The molecule has 146 valence electrons. The number of sulfonamides is 1. The Balaban J connectivity index is 0.00000225. The van der Waals surface area contributed by atoms with Crippen molar-refractivity contribution in [1.29, 1.82) is 0 Å². The van der Waals surface area contributed by atoms with Crippen LogP contribution >= 0.6 is 12.4 Å². The molecule has 0 bridgehead atoms. The third-order valence-corrected chi connectivity index (χ3v) is 7.59. The topological polar surface area (TPSA) is 87.7 Å². The molecule has 3 fully saturated rings. The summed E-state index contributed by atoms with van der Waals surface area (Å²) in [5.41, 5.74) is 0. The first kappa shape index (κ1) is 20.9. The zero-order valence-corrected chi connectivity index (χ0v) is 16.2. The van der Waals surface area contributed by atoms with Crippen molar-refractivity contribution in [1.82, 2.24) is 14.9 Å². The third-order valence-electron chi connectivity index (χ3n) is 5.32. The standard InChI is InChI=1S/C16H29N3O4S.ClH/c20-16(15-6-1-7-17-15)18-10-13-4-2-8-19(11-13)24(21,22)14-5-3-9-23-12-14;/h13-15,17H,1-12H2,(H,18,20);1H. The predicted octanol–water partition coefficient (Wildman–Crippen LogP) is 0.497. The molecule has 0 aromatic rings. The van der Waals surface area contributed by atoms with Gasteiger partial charge in [0.05, 0.1) is 17.9 Å². The number of halogens is 1. The van der Waals surface area contributed by atoms with Crippen LogP contribution in [-0.2, 0) is 19.6 Å². The van der Waals surface area contributed by atoms with Crippen molar-refractivity contribution in [3.63, 3.8) is 0 Å². The molecule has 0 aliphatic carbocycles. The average Bonchev–Trinajstić information content (AvgIpc) is 3.15. The number of amides is 1. The van der Waals surface area contributed by atoms with E-state index in [9.17, 15) is 13.2 Å². The lowest BCUT2D eigenvalue weighted by molar-refractivity contribution is -0.123. The molecule has 0 spiro atoms. The molecule has 2 N–H and O–H groups in total. The van der Waals surface area contributed by atoms with Crippen LogP contribution in [0.4, 0.5) is 0 Å². The highest BCUT2D eigenvalue weighted by Crippen LogP contribution is 2.24. The van der Waals surface area contributed by atoms with Crippen molar-refractivity contribution in [2.75, 3.05) is 39.4 Å². The fourth-order valence-electron chi connectivity index (χ4n) is 3.86. The molecular formula is C16H30ClN3O4S. The maximum atomic E-state index is 12.8. The van der Waals surface area contributed by atoms with Gasteiger partial charge in [-0.15, -0.1) is 12.4 Å². The lowest BCUT2D eigenvalue weighted by atomic mass is 9.99. The summed E-state index contributed by atoms with van der Waals surface area (Å²) < 4.78 is 32.5. The highest BCUT2D eigenvalue weighted by molar-refractivity contribution is 7.89. The summed E-state index contributed by atoms with van der Waals surface area (Å²) in [6.07, 6.45) is 5.25. The summed E-state index contributed by atoms with van der Waals surface area (Å²) in [7, 11) is -3.29. The van der Waals surface area contributed by atoms with Crippen LogP contribution in [0.1, 0.15) is 38.5 Å². The first-order chi connectivity index (χ1) is 11.6. The van der Waals surface area contributed by atoms with E-state index < -0.39 is 15.3 Å². The maximum Gasteiger partial charge on any atom is 0.237 e. The molecule has 3 saturated heterocycles. The molecule has 0 aromatic heterocycles. The van der Waals surface area contributed by atoms with E-state index in [1.807, 2.05) is 0 Å². The van der Waals surface area contributed by atoms with Crippen LogP contribution in [0.15, 0.2) is 0 Å². The summed E-state index contributed by atoms with van der Waals surface area (Å²) in [6.45, 7) is 3.54. The van der Waals surface area contributed by atoms with Crippen LogP contribution < -0.4 is 10.6 Å². The molecule has 9 heteroatoms. The van der Waals surface area contributed by atoms with Crippen molar-refractivity contribution in [3.8, 4) is 0 Å². The number of carbonyl (C=O) groups excluding carboxylic acids is 1. The van der Waals surface area contributed by atoms with Crippen molar-refractivity contribution >= 4 is 28.3 Å². The zero-order chi connectivity index (χ0) is 17.0. The highest BCUT2D eigenvalue weighted by Gasteiger charge is 2.36. The van der Waals surface area contributed by atoms with Crippen LogP contribution in [0.3, 0.4) is 0 Å². The molecule has 3 aliphatic heterocycles. The number of carbonyl (C=O) groups is 1. The number of piperidine rings is 1. The second-order valence-electron chi connectivity index (χ2n) is 7.14. The Labute approximate surface area is 156 Å². The van der Waals surface area contributed by atoms with Crippen molar-refractivity contribution < 1.29 is 17.9 Å². The first-order valence-corrected chi connectivity index (χ1v) is 10.7. The molecule has 3 heterocycles. The van der Waals surface area contributed by atoms with Gasteiger partial charge in [0.25, 0.3) is 0 Å². The van der Waals surface area contributed by atoms with Gasteiger partial charge in [0.1, 0.15) is 0 Å². The molecule has 0 saturated carbocycles. The Hall–Kier alpha value is -0.410. The quantitative estimate of drug-likeness (QED) is 0.707. The second kappa shape index (κ2) is 9.50. The van der Waals surface area contributed by atoms with Crippen LogP contribution in [-0.4, -0.2) is 69.3 Å². The van der Waals surface area contributed by atoms with Crippen molar-refractivity contribution in [3.05, 3.63) is 0 Å². The van der Waals surface area contributed by atoms with Gasteiger partial charge in [-0.1, -0.05) is 0 Å². The number of hydrogen-bond acceptors (Lipinski definition) is 5. The fourth-order valence-corrected chi connectivity index (χ4v) is 5.81. The minimum Gasteiger partial charge on any atom is -0.380 e. The van der Waals surface area contributed by atoms with Gasteiger partial charge in [0, 0.05) is 26.2 Å². The third kappa shape index (κ3) is 5.29. The zero-order valence-electron chi connectivity index (χ0n) is 14.6. The average molecular weight is 396 g/mol. The summed E-state index contributed by atoms with van der Waals surface area (Å²) in [4.78, 5) is 12.1. The van der Waals surface area contributed by atoms with Crippen LogP contribution in [0, 0.1) is 5.92 Å². The molecule has 3 aliphatic rings. The molecule has 1 amide bonds. The van der Waals surface area contributed by atoms with E-state index >= 15 is 0 Å². The number of nitrogens with zero attached hydrogens (tertiary/aromatic N) is 1. The number of hydrogen-bond donors (Lipinski definition) is 2. The van der Waals surface area contributed by atoms with E-state index in [1.54, 1.807) is 4.31 Å². The van der Waals surface area contributed by atoms with Gasteiger partial charge in [0.2, 0.25) is 15.9 Å². The largest absolute Gasteiger partial charge is 0.380 e. The van der Waals surface area contributed by atoms with Gasteiger partial charge in [0.15, 0.2) is 0 Å². The lowest BCUT2D eigenvalue weighted by Crippen LogP contribution is -2.49. The predicted molar refractivity (Wildman–Crippen MR) is 98.3 cm³/mol. The summed E-state index contributed by atoms with van der Waals surface area (Å²) >= 11 is 0. The Morgan fingerprint density at radius 3 is 2.72 bits per heavy atom. The van der Waals surface area contributed by atoms with Crippen molar-refractivity contribution in [2.24, 2.45) is 5.92 Å². The number of ether oxygens (including phenoxy) is 1. The fraction of sp³-hybridized carbons (Fsp3) is 0.938. The van der Waals surface area contributed by atoms with Gasteiger partial charge in [-0.2, -0.15) is 0 Å². The Morgan fingerprint density at radius 1 is 1.20 bits per heavy atom. The Kier molecular flexibility index (Phi) is 7.94. The Morgan fingerprint density at radius 2 is 2.04 bits per heavy atom. The molecular weight excluding hydrogens is 366 g/mol. The molecule has 3 rings (SSSR count). The van der Waals surface area contributed by atoms with E-state index in [4.69, 9.17) is 4.74 Å². The summed E-state index contributed by atoms with van der Waals surface area (Å²) in [5.74, 6) is 0.247. The first-order valence-electron chi connectivity index (χ1n) is 9.15. The van der Waals surface area contributed by atoms with Crippen LogP contribution in [0.5, 0.6) is 0 Å². The molecule has 7 nitrogen and oxygen atoms in total. The molecule has 0 aromatic carbocycles. The summed E-state index contributed by atoms with van der Waals surface area (Å²) in [6, 6.07) is -0.0761. The SMILES string of the molecule is Cl.O=C(NCC1CCCN(S(=O)(=O)C2CCCOC2)C1)C1CCCN1. The Bertz CT molecular complexity index is 533. The van der Waals surface area contributed by atoms with Crippen molar-refractivity contribution in [2.45, 2.75) is 49.8 Å². The van der Waals surface area contributed by atoms with E-state index in [-0.39, 0.29) is 30.3 Å². The smallest absolute Gasteiger partial charge is 0.237 e. The van der Waals surface area contributed by atoms with Gasteiger partial charge >= 0.3 is 0 Å². The highest BCUT2D eigenvalue weighted by atomic mass is 35.5. The number of rotatable bonds is 5. The second-order valence-corrected chi connectivity index (χ2v) is 9.36.